The molecule has 78 valence electrons. The smallest absolute Gasteiger partial charge is 0.138 e. The van der Waals surface area contributed by atoms with E-state index < -0.39 is 0 Å². The number of rotatable bonds is 2. The molecular weight excluding hydrogens is 176 g/mol. The Morgan fingerprint density at radius 2 is 2.14 bits per heavy atom. The van der Waals surface area contributed by atoms with Crippen LogP contribution in [0.2, 0.25) is 0 Å². The Kier molecular flexibility index (Phi) is 3.11. The van der Waals surface area contributed by atoms with E-state index in [1.165, 1.54) is 0 Å². The summed E-state index contributed by atoms with van der Waals surface area (Å²) < 4.78 is 0. The van der Waals surface area contributed by atoms with Crippen LogP contribution in [0, 0.1) is 5.41 Å². The lowest BCUT2D eigenvalue weighted by Gasteiger charge is -2.22. The minimum absolute atomic E-state index is 0.142. The van der Waals surface area contributed by atoms with Crippen LogP contribution in [-0.2, 0) is 0 Å². The van der Waals surface area contributed by atoms with Crippen LogP contribution < -0.4 is 5.73 Å². The van der Waals surface area contributed by atoms with Crippen molar-refractivity contribution in [1.29, 1.82) is 0 Å². The fourth-order valence-corrected chi connectivity index (χ4v) is 1.45. The Balaban J connectivity index is 2.80. The van der Waals surface area contributed by atoms with Crippen molar-refractivity contribution in [2.24, 2.45) is 11.1 Å². The third kappa shape index (κ3) is 3.00. The van der Waals surface area contributed by atoms with Gasteiger partial charge in [-0.3, -0.25) is 4.98 Å². The van der Waals surface area contributed by atoms with Gasteiger partial charge in [-0.05, 0) is 24.0 Å². The minimum atomic E-state index is -0.198. The Morgan fingerprint density at radius 1 is 1.50 bits per heavy atom. The van der Waals surface area contributed by atoms with Gasteiger partial charge in [0.25, 0.3) is 0 Å². The average molecular weight is 194 g/mol. The molecule has 1 aromatic rings. The summed E-state index contributed by atoms with van der Waals surface area (Å²) in [4.78, 5) is 4.09. The first kappa shape index (κ1) is 11.0. The topological polar surface area (TPSA) is 59.1 Å². The van der Waals surface area contributed by atoms with Crippen LogP contribution in [0.3, 0.4) is 0 Å². The SMILES string of the molecule is CC(C)(C)CC(N)c1ncccc1O. The molecule has 1 atom stereocenters. The van der Waals surface area contributed by atoms with E-state index >= 15 is 0 Å². The molecule has 0 aliphatic heterocycles. The van der Waals surface area contributed by atoms with Gasteiger partial charge >= 0.3 is 0 Å². The van der Waals surface area contributed by atoms with Crippen molar-refractivity contribution in [1.82, 2.24) is 4.98 Å². The maximum atomic E-state index is 9.54. The standard InChI is InChI=1S/C11H18N2O/c1-11(2,3)7-8(12)10-9(14)5-4-6-13-10/h4-6,8,14H,7,12H2,1-3H3. The van der Waals surface area contributed by atoms with Crippen LogP contribution in [0.1, 0.15) is 38.9 Å². The van der Waals surface area contributed by atoms with Crippen LogP contribution in [-0.4, -0.2) is 10.1 Å². The Labute approximate surface area is 85.0 Å². The van der Waals surface area contributed by atoms with E-state index in [9.17, 15) is 5.11 Å². The summed E-state index contributed by atoms with van der Waals surface area (Å²) in [6.45, 7) is 6.35. The van der Waals surface area contributed by atoms with E-state index in [1.807, 2.05) is 0 Å². The first-order valence-electron chi connectivity index (χ1n) is 4.79. The lowest BCUT2D eigenvalue weighted by molar-refractivity contribution is 0.334. The third-order valence-corrected chi connectivity index (χ3v) is 2.00. The van der Waals surface area contributed by atoms with Gasteiger partial charge in [-0.15, -0.1) is 0 Å². The zero-order valence-corrected chi connectivity index (χ0v) is 8.99. The van der Waals surface area contributed by atoms with E-state index in [0.29, 0.717) is 5.69 Å². The van der Waals surface area contributed by atoms with Crippen molar-refractivity contribution in [3.8, 4) is 5.75 Å². The van der Waals surface area contributed by atoms with Crippen LogP contribution >= 0.6 is 0 Å². The molecule has 0 saturated carbocycles. The van der Waals surface area contributed by atoms with Gasteiger partial charge in [0.05, 0.1) is 11.7 Å². The number of aromatic nitrogens is 1. The molecular formula is C11H18N2O. The quantitative estimate of drug-likeness (QED) is 0.759. The van der Waals surface area contributed by atoms with Crippen molar-refractivity contribution >= 4 is 0 Å². The van der Waals surface area contributed by atoms with E-state index in [0.717, 1.165) is 6.42 Å². The molecule has 1 unspecified atom stereocenters. The first-order chi connectivity index (χ1) is 6.40. The summed E-state index contributed by atoms with van der Waals surface area (Å²) in [6, 6.07) is 3.12. The average Bonchev–Trinajstić information content (AvgIpc) is 2.01. The fourth-order valence-electron chi connectivity index (χ4n) is 1.45. The molecule has 1 rings (SSSR count). The second-order valence-electron chi connectivity index (χ2n) is 4.78. The Bertz CT molecular complexity index is 304. The molecule has 0 aliphatic rings. The Morgan fingerprint density at radius 3 is 2.64 bits per heavy atom. The summed E-state index contributed by atoms with van der Waals surface area (Å²) >= 11 is 0. The molecule has 1 aromatic heterocycles. The van der Waals surface area contributed by atoms with Crippen LogP contribution in [0.4, 0.5) is 0 Å². The van der Waals surface area contributed by atoms with Gasteiger partial charge in [0, 0.05) is 6.20 Å². The molecule has 3 N–H and O–H groups in total. The zero-order valence-electron chi connectivity index (χ0n) is 8.99. The molecule has 3 nitrogen and oxygen atoms in total. The molecule has 14 heavy (non-hydrogen) atoms. The van der Waals surface area contributed by atoms with E-state index in [1.54, 1.807) is 18.3 Å². The summed E-state index contributed by atoms with van der Waals surface area (Å²) in [7, 11) is 0. The summed E-state index contributed by atoms with van der Waals surface area (Å²) in [5.41, 5.74) is 6.69. The maximum Gasteiger partial charge on any atom is 0.138 e. The predicted octanol–water partition coefficient (Wildman–Crippen LogP) is 2.22. The molecule has 3 heteroatoms. The second kappa shape index (κ2) is 3.96. The zero-order chi connectivity index (χ0) is 10.8. The molecule has 0 radical (unpaired) electrons. The first-order valence-corrected chi connectivity index (χ1v) is 4.79. The highest BCUT2D eigenvalue weighted by Crippen LogP contribution is 2.30. The van der Waals surface area contributed by atoms with Crippen molar-refractivity contribution in [2.45, 2.75) is 33.2 Å². The van der Waals surface area contributed by atoms with Crippen LogP contribution in [0.5, 0.6) is 5.75 Å². The van der Waals surface area contributed by atoms with E-state index in [2.05, 4.69) is 25.8 Å². The van der Waals surface area contributed by atoms with Crippen LogP contribution in [0.25, 0.3) is 0 Å². The second-order valence-corrected chi connectivity index (χ2v) is 4.78. The van der Waals surface area contributed by atoms with Gasteiger partial charge < -0.3 is 10.8 Å². The number of aromatic hydroxyl groups is 1. The molecule has 0 amide bonds. The lowest BCUT2D eigenvalue weighted by atomic mass is 9.87. The fraction of sp³-hybridized carbons (Fsp3) is 0.545. The summed E-state index contributed by atoms with van der Waals surface area (Å²) in [5, 5.41) is 9.54. The molecule has 0 aromatic carbocycles. The Hall–Kier alpha value is -1.09. The summed E-state index contributed by atoms with van der Waals surface area (Å²) in [6.07, 6.45) is 2.45. The number of hydrogen-bond acceptors (Lipinski definition) is 3. The third-order valence-electron chi connectivity index (χ3n) is 2.00. The van der Waals surface area contributed by atoms with Gasteiger partial charge in [0.1, 0.15) is 5.75 Å². The predicted molar refractivity (Wildman–Crippen MR) is 56.9 cm³/mol. The minimum Gasteiger partial charge on any atom is -0.506 e. The monoisotopic (exact) mass is 194 g/mol. The molecule has 0 saturated heterocycles. The van der Waals surface area contributed by atoms with Crippen molar-refractivity contribution in [3.63, 3.8) is 0 Å². The number of hydrogen-bond donors (Lipinski definition) is 2. The lowest BCUT2D eigenvalue weighted by Crippen LogP contribution is -2.19. The number of pyridine rings is 1. The molecule has 0 aliphatic carbocycles. The van der Waals surface area contributed by atoms with E-state index in [4.69, 9.17) is 5.73 Å². The largest absolute Gasteiger partial charge is 0.506 e. The van der Waals surface area contributed by atoms with Crippen molar-refractivity contribution < 1.29 is 5.11 Å². The highest BCUT2D eigenvalue weighted by Gasteiger charge is 2.19. The highest BCUT2D eigenvalue weighted by molar-refractivity contribution is 5.27. The maximum absolute atomic E-state index is 9.54. The molecule has 1 heterocycles. The number of nitrogens with two attached hydrogens (primary N) is 1. The van der Waals surface area contributed by atoms with Gasteiger partial charge in [-0.25, -0.2) is 0 Å². The highest BCUT2D eigenvalue weighted by atomic mass is 16.3. The van der Waals surface area contributed by atoms with Gasteiger partial charge in [0.15, 0.2) is 0 Å². The van der Waals surface area contributed by atoms with Gasteiger partial charge in [-0.1, -0.05) is 20.8 Å². The van der Waals surface area contributed by atoms with Gasteiger partial charge in [0.2, 0.25) is 0 Å². The van der Waals surface area contributed by atoms with Crippen LogP contribution in [0.15, 0.2) is 18.3 Å². The van der Waals surface area contributed by atoms with E-state index in [-0.39, 0.29) is 17.2 Å². The normalized spacial score (nSPS) is 14.0. The number of nitrogens with zero attached hydrogens (tertiary/aromatic N) is 1. The molecule has 0 bridgehead atoms. The summed E-state index contributed by atoms with van der Waals surface area (Å²) in [5.74, 6) is 0.184. The molecule has 0 fully saturated rings. The van der Waals surface area contributed by atoms with Crippen molar-refractivity contribution in [3.05, 3.63) is 24.0 Å². The van der Waals surface area contributed by atoms with Gasteiger partial charge in [-0.2, -0.15) is 0 Å². The molecule has 0 spiro atoms. The van der Waals surface area contributed by atoms with Crippen molar-refractivity contribution in [2.75, 3.05) is 0 Å².